The Bertz CT molecular complexity index is 698. The van der Waals surface area contributed by atoms with Crippen LogP contribution in [0.3, 0.4) is 0 Å². The lowest BCUT2D eigenvalue weighted by Crippen LogP contribution is -2.51. The van der Waals surface area contributed by atoms with Gasteiger partial charge in [-0.1, -0.05) is 74.0 Å². The average molecular weight is 364 g/mol. The lowest BCUT2D eigenvalue weighted by atomic mass is 9.90. The molecule has 3 rings (SSSR count). The highest BCUT2D eigenvalue weighted by Gasteiger charge is 2.30. The Morgan fingerprint density at radius 1 is 0.815 bits per heavy atom. The van der Waals surface area contributed by atoms with Gasteiger partial charge in [-0.05, 0) is 17.5 Å². The largest absolute Gasteiger partial charge is 0.339 e. The zero-order valence-corrected chi connectivity index (χ0v) is 16.0. The van der Waals surface area contributed by atoms with E-state index in [0.29, 0.717) is 32.6 Å². The van der Waals surface area contributed by atoms with E-state index in [4.69, 9.17) is 0 Å². The van der Waals surface area contributed by atoms with Crippen LogP contribution >= 0.6 is 0 Å². The second-order valence-electron chi connectivity index (χ2n) is 7.06. The van der Waals surface area contributed by atoms with Crippen LogP contribution in [0, 0.1) is 0 Å². The molecule has 2 amide bonds. The molecule has 1 aliphatic heterocycles. The minimum atomic E-state index is -0.297. The predicted octanol–water partition coefficient (Wildman–Crippen LogP) is 3.68. The molecule has 0 aromatic heterocycles. The van der Waals surface area contributed by atoms with E-state index in [-0.39, 0.29) is 17.7 Å². The maximum Gasteiger partial charge on any atom is 0.234 e. The number of hydrogen-bond donors (Lipinski definition) is 0. The number of piperazine rings is 1. The second kappa shape index (κ2) is 9.36. The quantitative estimate of drug-likeness (QED) is 0.784. The summed E-state index contributed by atoms with van der Waals surface area (Å²) in [7, 11) is 0. The predicted molar refractivity (Wildman–Crippen MR) is 107 cm³/mol. The maximum absolute atomic E-state index is 13.4. The summed E-state index contributed by atoms with van der Waals surface area (Å²) in [5.74, 6) is 0.0365. The Morgan fingerprint density at radius 2 is 1.30 bits per heavy atom. The Hall–Kier alpha value is -2.62. The fraction of sp³-hybridized carbons (Fsp3) is 0.391. The number of unbranched alkanes of at least 4 members (excludes halogenated alkanes) is 1. The first kappa shape index (κ1) is 19.2. The van der Waals surface area contributed by atoms with Crippen molar-refractivity contribution in [2.75, 3.05) is 26.2 Å². The normalized spacial score (nSPS) is 14.4. The van der Waals surface area contributed by atoms with Gasteiger partial charge in [0.25, 0.3) is 0 Å². The van der Waals surface area contributed by atoms with E-state index in [1.54, 1.807) is 0 Å². The zero-order valence-electron chi connectivity index (χ0n) is 16.0. The lowest BCUT2D eigenvalue weighted by molar-refractivity contribution is -0.140. The summed E-state index contributed by atoms with van der Waals surface area (Å²) < 4.78 is 0. The molecule has 0 unspecified atom stereocenters. The van der Waals surface area contributed by atoms with Gasteiger partial charge in [0.15, 0.2) is 0 Å². The van der Waals surface area contributed by atoms with Crippen LogP contribution in [-0.4, -0.2) is 47.8 Å². The van der Waals surface area contributed by atoms with Crippen molar-refractivity contribution in [2.45, 2.75) is 32.1 Å². The van der Waals surface area contributed by atoms with Crippen molar-refractivity contribution in [3.63, 3.8) is 0 Å². The van der Waals surface area contributed by atoms with E-state index in [9.17, 15) is 9.59 Å². The topological polar surface area (TPSA) is 40.6 Å². The van der Waals surface area contributed by atoms with Crippen molar-refractivity contribution in [1.82, 2.24) is 9.80 Å². The van der Waals surface area contributed by atoms with Gasteiger partial charge in [-0.25, -0.2) is 0 Å². The Labute approximate surface area is 161 Å². The molecule has 1 fully saturated rings. The van der Waals surface area contributed by atoms with E-state index >= 15 is 0 Å². The van der Waals surface area contributed by atoms with E-state index in [1.807, 2.05) is 70.5 Å². The summed E-state index contributed by atoms with van der Waals surface area (Å²) in [6.07, 6.45) is 2.57. The average Bonchev–Trinajstić information content (AvgIpc) is 2.74. The number of nitrogens with zero attached hydrogens (tertiary/aromatic N) is 2. The van der Waals surface area contributed by atoms with Gasteiger partial charge in [-0.2, -0.15) is 0 Å². The van der Waals surface area contributed by atoms with Crippen molar-refractivity contribution in [3.05, 3.63) is 71.8 Å². The van der Waals surface area contributed by atoms with Gasteiger partial charge in [0.1, 0.15) is 0 Å². The first-order valence-electron chi connectivity index (χ1n) is 9.87. The maximum atomic E-state index is 13.4. The zero-order chi connectivity index (χ0) is 19.1. The van der Waals surface area contributed by atoms with Crippen LogP contribution in [0.2, 0.25) is 0 Å². The molecule has 2 aromatic carbocycles. The highest BCUT2D eigenvalue weighted by molar-refractivity contribution is 5.87. The molecule has 1 aliphatic rings. The van der Waals surface area contributed by atoms with Crippen LogP contribution in [0.25, 0.3) is 0 Å². The van der Waals surface area contributed by atoms with Gasteiger partial charge in [0.05, 0.1) is 5.92 Å². The van der Waals surface area contributed by atoms with Crippen molar-refractivity contribution >= 4 is 11.8 Å². The van der Waals surface area contributed by atoms with Crippen LogP contribution in [0.5, 0.6) is 0 Å². The van der Waals surface area contributed by atoms with Gasteiger partial charge in [-0.3, -0.25) is 9.59 Å². The van der Waals surface area contributed by atoms with E-state index in [1.165, 1.54) is 0 Å². The molecular weight excluding hydrogens is 336 g/mol. The Morgan fingerprint density at radius 3 is 1.78 bits per heavy atom. The summed E-state index contributed by atoms with van der Waals surface area (Å²) in [6.45, 7) is 4.56. The van der Waals surface area contributed by atoms with E-state index < -0.39 is 0 Å². The number of hydrogen-bond acceptors (Lipinski definition) is 2. The number of carbonyl (C=O) groups is 2. The first-order valence-corrected chi connectivity index (χ1v) is 9.87. The molecule has 0 N–H and O–H groups in total. The first-order chi connectivity index (χ1) is 13.2. The molecule has 142 valence electrons. The molecule has 0 bridgehead atoms. The number of rotatable bonds is 6. The lowest BCUT2D eigenvalue weighted by Gasteiger charge is -2.36. The fourth-order valence-corrected chi connectivity index (χ4v) is 3.61. The van der Waals surface area contributed by atoms with E-state index in [0.717, 1.165) is 24.0 Å². The van der Waals surface area contributed by atoms with Crippen LogP contribution in [-0.2, 0) is 9.59 Å². The molecule has 0 spiro atoms. The third kappa shape index (κ3) is 4.76. The smallest absolute Gasteiger partial charge is 0.234 e. The molecule has 27 heavy (non-hydrogen) atoms. The van der Waals surface area contributed by atoms with Gasteiger partial charge >= 0.3 is 0 Å². The van der Waals surface area contributed by atoms with Gasteiger partial charge in [0, 0.05) is 32.6 Å². The monoisotopic (exact) mass is 364 g/mol. The number of carbonyl (C=O) groups excluding carboxylic acids is 2. The van der Waals surface area contributed by atoms with Crippen LogP contribution in [0.4, 0.5) is 0 Å². The number of benzene rings is 2. The molecule has 1 saturated heterocycles. The molecule has 0 radical (unpaired) electrons. The Balaban J connectivity index is 1.72. The molecule has 0 atom stereocenters. The molecule has 4 heteroatoms. The van der Waals surface area contributed by atoms with E-state index in [2.05, 4.69) is 6.92 Å². The van der Waals surface area contributed by atoms with Crippen LogP contribution in [0.1, 0.15) is 43.2 Å². The van der Waals surface area contributed by atoms with Crippen molar-refractivity contribution in [1.29, 1.82) is 0 Å². The third-order valence-electron chi connectivity index (χ3n) is 5.20. The van der Waals surface area contributed by atoms with Crippen molar-refractivity contribution < 1.29 is 9.59 Å². The minimum absolute atomic E-state index is 0.119. The van der Waals surface area contributed by atoms with Crippen LogP contribution in [0.15, 0.2) is 60.7 Å². The summed E-state index contributed by atoms with van der Waals surface area (Å²) in [5.41, 5.74) is 2.02. The highest BCUT2D eigenvalue weighted by atomic mass is 16.2. The molecule has 2 aromatic rings. The van der Waals surface area contributed by atoms with Crippen molar-refractivity contribution in [2.24, 2.45) is 0 Å². The SMILES string of the molecule is CCCCC(=O)N1CCN(C(=O)C(c2ccccc2)c2ccccc2)CC1. The van der Waals surface area contributed by atoms with Gasteiger partial charge in [-0.15, -0.1) is 0 Å². The Kier molecular flexibility index (Phi) is 6.64. The minimum Gasteiger partial charge on any atom is -0.339 e. The summed E-state index contributed by atoms with van der Waals surface area (Å²) in [4.78, 5) is 29.4. The highest BCUT2D eigenvalue weighted by Crippen LogP contribution is 2.27. The number of amides is 2. The molecular formula is C23H28N2O2. The third-order valence-corrected chi connectivity index (χ3v) is 5.20. The van der Waals surface area contributed by atoms with Crippen LogP contribution < -0.4 is 0 Å². The molecule has 1 heterocycles. The van der Waals surface area contributed by atoms with Gasteiger partial charge < -0.3 is 9.80 Å². The molecule has 0 saturated carbocycles. The van der Waals surface area contributed by atoms with Crippen molar-refractivity contribution in [3.8, 4) is 0 Å². The summed E-state index contributed by atoms with van der Waals surface area (Å²) >= 11 is 0. The van der Waals surface area contributed by atoms with Gasteiger partial charge in [0.2, 0.25) is 11.8 Å². The fourth-order valence-electron chi connectivity index (χ4n) is 3.61. The standard InChI is InChI=1S/C23H28N2O2/c1-2-3-14-21(26)24-15-17-25(18-16-24)23(27)22(19-10-6-4-7-11-19)20-12-8-5-9-13-20/h4-13,22H,2-3,14-18H2,1H3. The second-order valence-corrected chi connectivity index (χ2v) is 7.06. The molecule has 0 aliphatic carbocycles. The molecule has 4 nitrogen and oxygen atoms in total. The summed E-state index contributed by atoms with van der Waals surface area (Å²) in [5, 5.41) is 0. The summed E-state index contributed by atoms with van der Waals surface area (Å²) in [6, 6.07) is 19.9.